The van der Waals surface area contributed by atoms with Crippen LogP contribution in [0.5, 0.6) is 5.75 Å². The lowest BCUT2D eigenvalue weighted by Crippen LogP contribution is -2.29. The van der Waals surface area contributed by atoms with Crippen LogP contribution in [0.3, 0.4) is 0 Å². The molecule has 0 fully saturated rings. The van der Waals surface area contributed by atoms with E-state index in [-0.39, 0.29) is 17.1 Å². The minimum atomic E-state index is -0.581. The maximum Gasteiger partial charge on any atom is 0.291 e. The number of fused-ring (bicyclic) bond motifs is 2. The van der Waals surface area contributed by atoms with Crippen LogP contribution in [-0.4, -0.2) is 17.4 Å². The van der Waals surface area contributed by atoms with E-state index in [9.17, 15) is 9.59 Å². The van der Waals surface area contributed by atoms with E-state index in [1.807, 2.05) is 55.5 Å². The van der Waals surface area contributed by atoms with Crippen LogP contribution in [0.4, 0.5) is 0 Å². The molecule has 1 aliphatic heterocycles. The second-order valence-electron chi connectivity index (χ2n) is 9.61. The van der Waals surface area contributed by atoms with Crippen LogP contribution in [-0.2, 0) is 6.54 Å². The third-order valence-corrected chi connectivity index (χ3v) is 7.10. The fourth-order valence-corrected chi connectivity index (χ4v) is 5.03. The fourth-order valence-electron chi connectivity index (χ4n) is 4.86. The van der Waals surface area contributed by atoms with E-state index in [1.54, 1.807) is 23.1 Å². The largest absolute Gasteiger partial charge is 0.494 e. The molecule has 1 unspecified atom stereocenters. The van der Waals surface area contributed by atoms with Gasteiger partial charge in [0, 0.05) is 11.6 Å². The molecule has 0 saturated carbocycles. The zero-order valence-corrected chi connectivity index (χ0v) is 21.9. The van der Waals surface area contributed by atoms with Gasteiger partial charge in [-0.15, -0.1) is 0 Å². The summed E-state index contributed by atoms with van der Waals surface area (Å²) in [5, 5.41) is 0.811. The number of hydrogen-bond acceptors (Lipinski definition) is 4. The molecule has 0 aliphatic carbocycles. The summed E-state index contributed by atoms with van der Waals surface area (Å²) in [6.45, 7) is 5.22. The molecule has 1 aromatic heterocycles. The number of carbonyl (C=O) groups excluding carboxylic acids is 1. The lowest BCUT2D eigenvalue weighted by atomic mass is 9.98. The first kappa shape index (κ1) is 25.1. The van der Waals surface area contributed by atoms with Gasteiger partial charge in [0.15, 0.2) is 5.43 Å². The number of benzene rings is 3. The Hall–Kier alpha value is -3.57. The molecule has 37 heavy (non-hydrogen) atoms. The summed E-state index contributed by atoms with van der Waals surface area (Å²) < 4.78 is 11.9. The molecular formula is C31H30ClNO4. The second kappa shape index (κ2) is 10.8. The van der Waals surface area contributed by atoms with Crippen LogP contribution in [0, 0.1) is 6.92 Å². The van der Waals surface area contributed by atoms with Crippen molar-refractivity contribution in [1.29, 1.82) is 0 Å². The number of aryl methyl sites for hydroxylation is 1. The Morgan fingerprint density at radius 1 is 0.946 bits per heavy atom. The molecule has 3 aromatic carbocycles. The van der Waals surface area contributed by atoms with E-state index < -0.39 is 6.04 Å². The Labute approximate surface area is 221 Å². The molecule has 4 aromatic rings. The quantitative estimate of drug-likeness (QED) is 0.217. The highest BCUT2D eigenvalue weighted by molar-refractivity contribution is 6.31. The predicted molar refractivity (Wildman–Crippen MR) is 146 cm³/mol. The van der Waals surface area contributed by atoms with Crippen LogP contribution >= 0.6 is 11.6 Å². The second-order valence-corrected chi connectivity index (χ2v) is 10.1. The van der Waals surface area contributed by atoms with Crippen LogP contribution in [0.2, 0.25) is 5.02 Å². The number of halogens is 1. The topological polar surface area (TPSA) is 59.8 Å². The van der Waals surface area contributed by atoms with Crippen molar-refractivity contribution in [1.82, 2.24) is 4.90 Å². The fraction of sp³-hybridized carbons (Fsp3) is 0.290. The molecule has 0 spiro atoms. The number of amides is 1. The number of carbonyl (C=O) groups is 1. The van der Waals surface area contributed by atoms with Crippen LogP contribution < -0.4 is 10.2 Å². The van der Waals surface area contributed by atoms with Crippen molar-refractivity contribution in [2.45, 2.75) is 52.1 Å². The molecular weight excluding hydrogens is 486 g/mol. The van der Waals surface area contributed by atoms with E-state index in [0.717, 1.165) is 35.3 Å². The molecule has 0 bridgehead atoms. The highest BCUT2D eigenvalue weighted by atomic mass is 35.5. The first-order valence-electron chi connectivity index (χ1n) is 12.8. The molecule has 1 aliphatic rings. The zero-order chi connectivity index (χ0) is 25.9. The van der Waals surface area contributed by atoms with Gasteiger partial charge < -0.3 is 14.1 Å². The summed E-state index contributed by atoms with van der Waals surface area (Å²) in [7, 11) is 0. The van der Waals surface area contributed by atoms with Gasteiger partial charge in [0.05, 0.1) is 23.6 Å². The normalized spacial score (nSPS) is 14.8. The third-order valence-electron chi connectivity index (χ3n) is 6.86. The number of unbranched alkanes of at least 4 members (excludes halogenated alkanes) is 3. The standard InChI is InChI=1S/C31H30ClNO4/c1-3-4-5-6-17-36-24-14-11-22(12-15-24)28-27-29(34)25-18-23(32)13-16-26(25)37-30(27)31(35)33(28)19-21-9-7-20(2)8-10-21/h7-16,18,28H,3-6,17,19H2,1-2H3. The van der Waals surface area contributed by atoms with Gasteiger partial charge in [-0.2, -0.15) is 0 Å². The molecule has 2 heterocycles. The Morgan fingerprint density at radius 2 is 1.70 bits per heavy atom. The SMILES string of the molecule is CCCCCCOc1ccc(C2c3c(oc4ccc(Cl)cc4c3=O)C(=O)N2Cc2ccc(C)cc2)cc1. The van der Waals surface area contributed by atoms with Crippen molar-refractivity contribution >= 4 is 28.5 Å². The summed E-state index contributed by atoms with van der Waals surface area (Å²) in [6, 6.07) is 20.0. The van der Waals surface area contributed by atoms with Gasteiger partial charge in [0.1, 0.15) is 11.3 Å². The minimum Gasteiger partial charge on any atom is -0.494 e. The van der Waals surface area contributed by atoms with Gasteiger partial charge in [-0.05, 0) is 54.8 Å². The van der Waals surface area contributed by atoms with Gasteiger partial charge >= 0.3 is 0 Å². The van der Waals surface area contributed by atoms with Crippen molar-refractivity contribution in [3.05, 3.63) is 110 Å². The van der Waals surface area contributed by atoms with Gasteiger partial charge in [-0.25, -0.2) is 0 Å². The smallest absolute Gasteiger partial charge is 0.291 e. The molecule has 190 valence electrons. The van der Waals surface area contributed by atoms with Crippen molar-refractivity contribution < 1.29 is 13.9 Å². The lowest BCUT2D eigenvalue weighted by Gasteiger charge is -2.25. The van der Waals surface area contributed by atoms with Crippen molar-refractivity contribution in [2.24, 2.45) is 0 Å². The Morgan fingerprint density at radius 3 is 2.43 bits per heavy atom. The summed E-state index contributed by atoms with van der Waals surface area (Å²) in [5.74, 6) is 0.561. The maximum absolute atomic E-state index is 13.7. The van der Waals surface area contributed by atoms with Crippen LogP contribution in [0.15, 0.2) is 75.9 Å². The Balaban J connectivity index is 1.53. The van der Waals surface area contributed by atoms with Gasteiger partial charge in [-0.3, -0.25) is 9.59 Å². The molecule has 6 heteroatoms. The number of hydrogen-bond donors (Lipinski definition) is 0. The maximum atomic E-state index is 13.7. The summed E-state index contributed by atoms with van der Waals surface area (Å²) in [6.07, 6.45) is 4.56. The van der Waals surface area contributed by atoms with E-state index in [1.165, 1.54) is 12.8 Å². The number of ether oxygens (including phenoxy) is 1. The number of nitrogens with zero attached hydrogens (tertiary/aromatic N) is 1. The van der Waals surface area contributed by atoms with E-state index >= 15 is 0 Å². The first-order chi connectivity index (χ1) is 18.0. The predicted octanol–water partition coefficient (Wildman–Crippen LogP) is 7.46. The summed E-state index contributed by atoms with van der Waals surface area (Å²) in [5.41, 5.74) is 3.40. The van der Waals surface area contributed by atoms with Crippen molar-refractivity contribution in [3.8, 4) is 5.75 Å². The Bertz CT molecular complexity index is 1470. The van der Waals surface area contributed by atoms with Crippen LogP contribution in [0.25, 0.3) is 11.0 Å². The zero-order valence-electron chi connectivity index (χ0n) is 21.1. The van der Waals surface area contributed by atoms with Gasteiger partial charge in [0.2, 0.25) is 5.76 Å². The van der Waals surface area contributed by atoms with Gasteiger partial charge in [-0.1, -0.05) is 79.7 Å². The molecule has 1 amide bonds. The number of rotatable bonds is 9. The molecule has 0 saturated heterocycles. The van der Waals surface area contributed by atoms with Gasteiger partial charge in [0.25, 0.3) is 5.91 Å². The Kier molecular flexibility index (Phi) is 7.33. The monoisotopic (exact) mass is 515 g/mol. The van der Waals surface area contributed by atoms with Crippen molar-refractivity contribution in [2.75, 3.05) is 6.61 Å². The third kappa shape index (κ3) is 5.14. The summed E-state index contributed by atoms with van der Waals surface area (Å²) >= 11 is 6.19. The average molecular weight is 516 g/mol. The van der Waals surface area contributed by atoms with E-state index in [4.69, 9.17) is 20.8 Å². The van der Waals surface area contributed by atoms with Crippen LogP contribution in [0.1, 0.15) is 71.5 Å². The van der Waals surface area contributed by atoms with E-state index in [2.05, 4.69) is 6.92 Å². The first-order valence-corrected chi connectivity index (χ1v) is 13.2. The van der Waals surface area contributed by atoms with Crippen molar-refractivity contribution in [3.63, 3.8) is 0 Å². The summed E-state index contributed by atoms with van der Waals surface area (Å²) in [4.78, 5) is 29.1. The molecule has 5 nitrogen and oxygen atoms in total. The highest BCUT2D eigenvalue weighted by Gasteiger charge is 2.42. The minimum absolute atomic E-state index is 0.0909. The van der Waals surface area contributed by atoms with E-state index in [0.29, 0.717) is 34.7 Å². The molecule has 5 rings (SSSR count). The lowest BCUT2D eigenvalue weighted by molar-refractivity contribution is 0.0714. The highest BCUT2D eigenvalue weighted by Crippen LogP contribution is 2.39. The average Bonchev–Trinajstić information content (AvgIpc) is 3.17. The molecule has 0 radical (unpaired) electrons. The molecule has 0 N–H and O–H groups in total. The molecule has 1 atom stereocenters.